The summed E-state index contributed by atoms with van der Waals surface area (Å²) in [5.41, 5.74) is 1.30. The summed E-state index contributed by atoms with van der Waals surface area (Å²) >= 11 is 5.79. The Bertz CT molecular complexity index is 240. The molecule has 0 spiro atoms. The SMILES string of the molecule is Cc1ccsc1C=NCCS. The number of thiophene rings is 1. The molecule has 0 N–H and O–H groups in total. The fourth-order valence-electron chi connectivity index (χ4n) is 0.722. The van der Waals surface area contributed by atoms with Crippen molar-refractivity contribution in [2.24, 2.45) is 4.99 Å². The summed E-state index contributed by atoms with van der Waals surface area (Å²) < 4.78 is 0. The zero-order chi connectivity index (χ0) is 8.10. The number of nitrogens with zero attached hydrogens (tertiary/aromatic N) is 1. The van der Waals surface area contributed by atoms with E-state index in [2.05, 4.69) is 36.0 Å². The molecule has 0 amide bonds. The molecule has 0 saturated heterocycles. The predicted octanol–water partition coefficient (Wildman–Crippen LogP) is 2.41. The standard InChI is InChI=1S/C8H11NS2/c1-7-2-5-11-8(7)6-9-3-4-10/h2,5-6,10H,3-4H2,1H3. The molecule has 0 aliphatic rings. The minimum absolute atomic E-state index is 0.806. The van der Waals surface area contributed by atoms with Crippen molar-refractivity contribution in [2.45, 2.75) is 6.92 Å². The first kappa shape index (κ1) is 8.81. The van der Waals surface area contributed by atoms with E-state index in [9.17, 15) is 0 Å². The van der Waals surface area contributed by atoms with E-state index in [1.165, 1.54) is 10.4 Å². The maximum Gasteiger partial charge on any atom is 0.0478 e. The number of thiol groups is 1. The van der Waals surface area contributed by atoms with Crippen LogP contribution in [0.5, 0.6) is 0 Å². The fourth-order valence-corrected chi connectivity index (χ4v) is 1.65. The average Bonchev–Trinajstić information content (AvgIpc) is 2.37. The van der Waals surface area contributed by atoms with Crippen molar-refractivity contribution in [3.05, 3.63) is 21.9 Å². The van der Waals surface area contributed by atoms with Crippen LogP contribution in [-0.2, 0) is 0 Å². The molecule has 3 heteroatoms. The number of hydrogen-bond donors (Lipinski definition) is 1. The van der Waals surface area contributed by atoms with Gasteiger partial charge in [0.1, 0.15) is 0 Å². The Kier molecular flexibility index (Phi) is 3.66. The van der Waals surface area contributed by atoms with E-state index in [0.717, 1.165) is 12.3 Å². The van der Waals surface area contributed by atoms with Gasteiger partial charge in [0.15, 0.2) is 0 Å². The summed E-state index contributed by atoms with van der Waals surface area (Å²) in [6.45, 7) is 2.90. The van der Waals surface area contributed by atoms with Crippen LogP contribution < -0.4 is 0 Å². The highest BCUT2D eigenvalue weighted by Crippen LogP contribution is 2.12. The summed E-state index contributed by atoms with van der Waals surface area (Å²) in [6.07, 6.45) is 1.93. The quantitative estimate of drug-likeness (QED) is 0.548. The molecular formula is C8H11NS2. The van der Waals surface area contributed by atoms with Gasteiger partial charge in [-0.15, -0.1) is 11.3 Å². The van der Waals surface area contributed by atoms with E-state index in [0.29, 0.717) is 0 Å². The van der Waals surface area contributed by atoms with E-state index >= 15 is 0 Å². The molecular weight excluding hydrogens is 174 g/mol. The Morgan fingerprint density at radius 1 is 1.73 bits per heavy atom. The lowest BCUT2D eigenvalue weighted by atomic mass is 10.3. The van der Waals surface area contributed by atoms with Crippen LogP contribution in [0.4, 0.5) is 0 Å². The van der Waals surface area contributed by atoms with E-state index < -0.39 is 0 Å². The van der Waals surface area contributed by atoms with Crippen LogP contribution in [0.2, 0.25) is 0 Å². The largest absolute Gasteiger partial charge is 0.291 e. The molecule has 0 aliphatic heterocycles. The van der Waals surface area contributed by atoms with Gasteiger partial charge in [-0.05, 0) is 23.9 Å². The van der Waals surface area contributed by atoms with Gasteiger partial charge in [-0.1, -0.05) is 0 Å². The second-order valence-corrected chi connectivity index (χ2v) is 3.62. The molecule has 0 aliphatic carbocycles. The Hall–Kier alpha value is -0.280. The van der Waals surface area contributed by atoms with E-state index in [4.69, 9.17) is 0 Å². The van der Waals surface area contributed by atoms with Crippen LogP contribution in [-0.4, -0.2) is 18.5 Å². The van der Waals surface area contributed by atoms with Crippen molar-refractivity contribution in [2.75, 3.05) is 12.3 Å². The number of rotatable bonds is 3. The summed E-state index contributed by atoms with van der Waals surface area (Å²) in [7, 11) is 0. The monoisotopic (exact) mass is 185 g/mol. The topological polar surface area (TPSA) is 12.4 Å². The van der Waals surface area contributed by atoms with Gasteiger partial charge >= 0.3 is 0 Å². The second kappa shape index (κ2) is 4.57. The highest BCUT2D eigenvalue weighted by molar-refractivity contribution is 7.80. The number of hydrogen-bond acceptors (Lipinski definition) is 3. The lowest BCUT2D eigenvalue weighted by Crippen LogP contribution is -1.83. The summed E-state index contributed by atoms with van der Waals surface area (Å²) in [5.74, 6) is 0.820. The van der Waals surface area contributed by atoms with Gasteiger partial charge in [-0.25, -0.2) is 0 Å². The minimum atomic E-state index is 0.806. The average molecular weight is 185 g/mol. The zero-order valence-electron chi connectivity index (χ0n) is 6.45. The van der Waals surface area contributed by atoms with Gasteiger partial charge < -0.3 is 0 Å². The maximum absolute atomic E-state index is 4.20. The second-order valence-electron chi connectivity index (χ2n) is 2.23. The molecule has 11 heavy (non-hydrogen) atoms. The Balaban J connectivity index is 2.56. The van der Waals surface area contributed by atoms with Crippen molar-refractivity contribution < 1.29 is 0 Å². The van der Waals surface area contributed by atoms with E-state index in [1.807, 2.05) is 6.21 Å². The molecule has 1 heterocycles. The first-order valence-corrected chi connectivity index (χ1v) is 5.00. The van der Waals surface area contributed by atoms with Crippen molar-refractivity contribution in [1.82, 2.24) is 0 Å². The van der Waals surface area contributed by atoms with Gasteiger partial charge in [-0.2, -0.15) is 12.6 Å². The molecule has 0 saturated carbocycles. The molecule has 0 fully saturated rings. The molecule has 0 atom stereocenters. The molecule has 0 aromatic carbocycles. The fraction of sp³-hybridized carbons (Fsp3) is 0.375. The smallest absolute Gasteiger partial charge is 0.0478 e. The molecule has 1 aromatic heterocycles. The Morgan fingerprint density at radius 3 is 3.09 bits per heavy atom. The summed E-state index contributed by atoms with van der Waals surface area (Å²) in [4.78, 5) is 5.46. The lowest BCUT2D eigenvalue weighted by Gasteiger charge is -1.87. The highest BCUT2D eigenvalue weighted by atomic mass is 32.1. The lowest BCUT2D eigenvalue weighted by molar-refractivity contribution is 1.16. The van der Waals surface area contributed by atoms with Gasteiger partial charge in [0.05, 0.1) is 0 Å². The van der Waals surface area contributed by atoms with Gasteiger partial charge in [0.2, 0.25) is 0 Å². The maximum atomic E-state index is 4.20. The molecule has 60 valence electrons. The molecule has 1 rings (SSSR count). The third kappa shape index (κ3) is 2.67. The van der Waals surface area contributed by atoms with Crippen LogP contribution in [0.15, 0.2) is 16.4 Å². The minimum Gasteiger partial charge on any atom is -0.291 e. The Labute approximate surface area is 76.6 Å². The van der Waals surface area contributed by atoms with E-state index in [1.54, 1.807) is 11.3 Å². The Morgan fingerprint density at radius 2 is 2.55 bits per heavy atom. The summed E-state index contributed by atoms with van der Waals surface area (Å²) in [5, 5.41) is 2.08. The summed E-state index contributed by atoms with van der Waals surface area (Å²) in [6, 6.07) is 2.10. The highest BCUT2D eigenvalue weighted by Gasteiger charge is 1.93. The van der Waals surface area contributed by atoms with Gasteiger partial charge in [-0.3, -0.25) is 4.99 Å². The van der Waals surface area contributed by atoms with Crippen LogP contribution >= 0.6 is 24.0 Å². The van der Waals surface area contributed by atoms with Crippen LogP contribution in [0.25, 0.3) is 0 Å². The first-order chi connectivity index (χ1) is 5.34. The number of aliphatic imine (C=N–C) groups is 1. The molecule has 1 aromatic rings. The molecule has 0 unspecified atom stereocenters. The molecule has 0 radical (unpaired) electrons. The molecule has 1 nitrogen and oxygen atoms in total. The van der Waals surface area contributed by atoms with Gasteiger partial charge in [0.25, 0.3) is 0 Å². The van der Waals surface area contributed by atoms with Crippen LogP contribution in [0.1, 0.15) is 10.4 Å². The normalized spacial score (nSPS) is 11.1. The van der Waals surface area contributed by atoms with Crippen molar-refractivity contribution in [3.63, 3.8) is 0 Å². The van der Waals surface area contributed by atoms with Crippen LogP contribution in [0, 0.1) is 6.92 Å². The van der Waals surface area contributed by atoms with Gasteiger partial charge in [0, 0.05) is 23.4 Å². The molecule has 0 bridgehead atoms. The van der Waals surface area contributed by atoms with Crippen molar-refractivity contribution in [1.29, 1.82) is 0 Å². The zero-order valence-corrected chi connectivity index (χ0v) is 8.16. The van der Waals surface area contributed by atoms with Crippen molar-refractivity contribution in [3.8, 4) is 0 Å². The van der Waals surface area contributed by atoms with Crippen LogP contribution in [0.3, 0.4) is 0 Å². The third-order valence-corrected chi connectivity index (χ3v) is 2.49. The van der Waals surface area contributed by atoms with Crippen molar-refractivity contribution >= 4 is 30.2 Å². The number of aryl methyl sites for hydroxylation is 1. The third-order valence-electron chi connectivity index (χ3n) is 1.34. The predicted molar refractivity (Wildman–Crippen MR) is 55.4 cm³/mol. The van der Waals surface area contributed by atoms with E-state index in [-0.39, 0.29) is 0 Å². The first-order valence-electron chi connectivity index (χ1n) is 3.49.